The van der Waals surface area contributed by atoms with Crippen molar-refractivity contribution in [1.82, 2.24) is 4.90 Å². The second-order valence-electron chi connectivity index (χ2n) is 7.83. The number of allylic oxidation sites excluding steroid dienone is 2. The molecular weight excluding hydrogens is 282 g/mol. The maximum atomic E-state index is 11.8. The van der Waals surface area contributed by atoms with Crippen LogP contribution in [-0.2, 0) is 5.60 Å². The monoisotopic (exact) mass is 311 g/mol. The second-order valence-corrected chi connectivity index (χ2v) is 7.83. The zero-order chi connectivity index (χ0) is 15.7. The highest BCUT2D eigenvalue weighted by molar-refractivity contribution is 5.27. The largest absolute Gasteiger partial charge is 0.385 e. The first kappa shape index (κ1) is 15.4. The van der Waals surface area contributed by atoms with Crippen molar-refractivity contribution in [2.45, 2.75) is 44.1 Å². The normalized spacial score (nSPS) is 33.0. The zero-order valence-electron chi connectivity index (χ0n) is 14.0. The highest BCUT2D eigenvalue weighted by atomic mass is 16.3. The van der Waals surface area contributed by atoms with Gasteiger partial charge in [0.2, 0.25) is 0 Å². The lowest BCUT2D eigenvalue weighted by molar-refractivity contribution is -0.0495. The molecule has 0 aromatic heterocycles. The van der Waals surface area contributed by atoms with Gasteiger partial charge in [-0.3, -0.25) is 0 Å². The minimum atomic E-state index is -0.664. The lowest BCUT2D eigenvalue weighted by atomic mass is 9.72. The number of aliphatic hydroxyl groups is 1. The maximum Gasteiger partial charge on any atom is 0.0942 e. The molecular formula is C21H29NO. The molecule has 4 atom stereocenters. The molecule has 1 aromatic carbocycles. The van der Waals surface area contributed by atoms with Crippen LogP contribution in [0.25, 0.3) is 0 Å². The fourth-order valence-electron chi connectivity index (χ4n) is 5.11. The topological polar surface area (TPSA) is 23.5 Å². The minimum Gasteiger partial charge on any atom is -0.385 e. The van der Waals surface area contributed by atoms with Crippen molar-refractivity contribution in [3.05, 3.63) is 48.0 Å². The molecule has 0 spiro atoms. The Morgan fingerprint density at radius 1 is 1.00 bits per heavy atom. The number of piperidine rings is 1. The van der Waals surface area contributed by atoms with E-state index in [1.54, 1.807) is 0 Å². The van der Waals surface area contributed by atoms with Gasteiger partial charge in [0.15, 0.2) is 0 Å². The number of rotatable bonds is 5. The van der Waals surface area contributed by atoms with E-state index in [0.29, 0.717) is 17.8 Å². The van der Waals surface area contributed by atoms with Gasteiger partial charge in [0.1, 0.15) is 0 Å². The van der Waals surface area contributed by atoms with Crippen molar-refractivity contribution in [3.63, 3.8) is 0 Å². The molecule has 2 aliphatic carbocycles. The third-order valence-corrected chi connectivity index (χ3v) is 6.42. The number of nitrogens with zero attached hydrogens (tertiary/aromatic N) is 1. The van der Waals surface area contributed by atoms with E-state index in [0.717, 1.165) is 24.9 Å². The van der Waals surface area contributed by atoms with Gasteiger partial charge in [-0.05, 0) is 68.5 Å². The smallest absolute Gasteiger partial charge is 0.0942 e. The van der Waals surface area contributed by atoms with E-state index in [4.69, 9.17) is 0 Å². The van der Waals surface area contributed by atoms with Gasteiger partial charge in [0.25, 0.3) is 0 Å². The highest BCUT2D eigenvalue weighted by Gasteiger charge is 2.48. The average molecular weight is 311 g/mol. The fraction of sp³-hybridized carbons (Fsp3) is 0.619. The van der Waals surface area contributed by atoms with Crippen molar-refractivity contribution in [2.24, 2.45) is 17.8 Å². The Bertz CT molecular complexity index is 548. The molecule has 124 valence electrons. The van der Waals surface area contributed by atoms with Crippen molar-refractivity contribution in [1.29, 1.82) is 0 Å². The summed E-state index contributed by atoms with van der Waals surface area (Å²) in [5, 5.41) is 11.8. The van der Waals surface area contributed by atoms with Crippen molar-refractivity contribution in [2.75, 3.05) is 19.6 Å². The standard InChI is InChI=1S/C21H29NO/c23-21(19-7-3-1-4-8-19,11-14-22-12-5-2-6-13-22)20-16-17-9-10-18(20)15-17/h1,3-4,7-10,17-18,20,23H,2,5-6,11-16H2/t17-,18-,20+,21-/m0/s1. The van der Waals surface area contributed by atoms with Crippen LogP contribution in [0.2, 0.25) is 0 Å². The number of likely N-dealkylation sites (tertiary alicyclic amines) is 1. The van der Waals surface area contributed by atoms with Crippen LogP contribution in [0.15, 0.2) is 42.5 Å². The van der Waals surface area contributed by atoms with Crippen LogP contribution in [0.4, 0.5) is 0 Å². The first-order valence-corrected chi connectivity index (χ1v) is 9.44. The van der Waals surface area contributed by atoms with Crippen molar-refractivity contribution >= 4 is 0 Å². The molecule has 2 bridgehead atoms. The molecule has 1 N–H and O–H groups in total. The average Bonchev–Trinajstić information content (AvgIpc) is 3.25. The van der Waals surface area contributed by atoms with Crippen LogP contribution in [0, 0.1) is 17.8 Å². The van der Waals surface area contributed by atoms with Crippen LogP contribution in [-0.4, -0.2) is 29.6 Å². The quantitative estimate of drug-likeness (QED) is 0.832. The van der Waals surface area contributed by atoms with Gasteiger partial charge < -0.3 is 10.0 Å². The van der Waals surface area contributed by atoms with E-state index < -0.39 is 5.60 Å². The predicted molar refractivity (Wildman–Crippen MR) is 94.1 cm³/mol. The Hall–Kier alpha value is -1.12. The van der Waals surface area contributed by atoms with Gasteiger partial charge in [0.05, 0.1) is 5.60 Å². The van der Waals surface area contributed by atoms with E-state index in [2.05, 4.69) is 47.4 Å². The third kappa shape index (κ3) is 2.99. The molecule has 3 aliphatic rings. The summed E-state index contributed by atoms with van der Waals surface area (Å²) in [5.41, 5.74) is 0.464. The Morgan fingerprint density at radius 2 is 1.78 bits per heavy atom. The molecule has 1 aromatic rings. The van der Waals surface area contributed by atoms with Crippen LogP contribution >= 0.6 is 0 Å². The molecule has 2 heteroatoms. The lowest BCUT2D eigenvalue weighted by Crippen LogP contribution is -2.42. The van der Waals surface area contributed by atoms with Gasteiger partial charge in [0, 0.05) is 6.54 Å². The predicted octanol–water partition coefficient (Wildman–Crippen LogP) is 3.96. The molecule has 2 nitrogen and oxygen atoms in total. The van der Waals surface area contributed by atoms with Gasteiger partial charge in [-0.1, -0.05) is 48.9 Å². The molecule has 0 radical (unpaired) electrons. The van der Waals surface area contributed by atoms with Crippen LogP contribution in [0.3, 0.4) is 0 Å². The van der Waals surface area contributed by atoms with Crippen molar-refractivity contribution in [3.8, 4) is 0 Å². The number of hydrogen-bond donors (Lipinski definition) is 1. The molecule has 0 unspecified atom stereocenters. The molecule has 0 amide bonds. The molecule has 1 saturated carbocycles. The molecule has 1 aliphatic heterocycles. The summed E-state index contributed by atoms with van der Waals surface area (Å²) >= 11 is 0. The molecule has 1 saturated heterocycles. The van der Waals surface area contributed by atoms with Crippen LogP contribution < -0.4 is 0 Å². The summed E-state index contributed by atoms with van der Waals surface area (Å²) in [6.45, 7) is 3.45. The molecule has 1 heterocycles. The van der Waals surface area contributed by atoms with E-state index >= 15 is 0 Å². The summed E-state index contributed by atoms with van der Waals surface area (Å²) in [5.74, 6) is 1.67. The molecule has 2 fully saturated rings. The summed E-state index contributed by atoms with van der Waals surface area (Å²) in [7, 11) is 0. The minimum absolute atomic E-state index is 0.393. The van der Waals surface area contributed by atoms with Gasteiger partial charge >= 0.3 is 0 Å². The van der Waals surface area contributed by atoms with E-state index in [9.17, 15) is 5.11 Å². The SMILES string of the molecule is O[C@@](CCN1CCCCC1)(c1ccccc1)[C@@H]1C[C@H]2C=C[C@H]1C2. The lowest BCUT2D eigenvalue weighted by Gasteiger charge is -2.40. The summed E-state index contributed by atoms with van der Waals surface area (Å²) in [6.07, 6.45) is 12.0. The number of benzene rings is 1. The third-order valence-electron chi connectivity index (χ3n) is 6.42. The highest BCUT2D eigenvalue weighted by Crippen LogP contribution is 2.52. The van der Waals surface area contributed by atoms with E-state index in [-0.39, 0.29) is 0 Å². The van der Waals surface area contributed by atoms with Gasteiger partial charge in [-0.25, -0.2) is 0 Å². The first-order valence-electron chi connectivity index (χ1n) is 9.44. The molecule has 4 rings (SSSR count). The summed E-state index contributed by atoms with van der Waals surface area (Å²) in [4.78, 5) is 2.56. The maximum absolute atomic E-state index is 11.8. The summed E-state index contributed by atoms with van der Waals surface area (Å²) < 4.78 is 0. The Labute approximate surface area is 140 Å². The van der Waals surface area contributed by atoms with E-state index in [1.807, 2.05) is 0 Å². The Kier molecular flexibility index (Phi) is 4.29. The van der Waals surface area contributed by atoms with Gasteiger partial charge in [-0.15, -0.1) is 0 Å². The van der Waals surface area contributed by atoms with E-state index in [1.165, 1.54) is 38.8 Å². The van der Waals surface area contributed by atoms with Crippen LogP contribution in [0.1, 0.15) is 44.1 Å². The van der Waals surface area contributed by atoms with Crippen molar-refractivity contribution < 1.29 is 5.11 Å². The molecule has 23 heavy (non-hydrogen) atoms. The second kappa shape index (κ2) is 6.41. The van der Waals surface area contributed by atoms with Crippen LogP contribution in [0.5, 0.6) is 0 Å². The Morgan fingerprint density at radius 3 is 2.43 bits per heavy atom. The van der Waals surface area contributed by atoms with Gasteiger partial charge in [-0.2, -0.15) is 0 Å². The number of fused-ring (bicyclic) bond motifs is 2. The summed E-state index contributed by atoms with van der Waals surface area (Å²) in [6, 6.07) is 10.5. The zero-order valence-corrected chi connectivity index (χ0v) is 14.0. The fourth-order valence-corrected chi connectivity index (χ4v) is 5.11. The Balaban J connectivity index is 1.55. The first-order chi connectivity index (χ1) is 11.3. The number of hydrogen-bond acceptors (Lipinski definition) is 2.